The lowest BCUT2D eigenvalue weighted by Gasteiger charge is -2.08. The molecule has 1 amide bonds. The summed E-state index contributed by atoms with van der Waals surface area (Å²) in [6.07, 6.45) is 0. The summed E-state index contributed by atoms with van der Waals surface area (Å²) in [5.41, 5.74) is 0.118. The Morgan fingerprint density at radius 3 is 2.48 bits per heavy atom. The minimum Gasteiger partial charge on any atom is -0.321 e. The molecule has 0 aliphatic heterocycles. The fourth-order valence-electron chi connectivity index (χ4n) is 1.58. The van der Waals surface area contributed by atoms with Crippen molar-refractivity contribution in [2.75, 3.05) is 5.32 Å². The molecule has 0 aromatic heterocycles. The zero-order chi connectivity index (χ0) is 15.6. The standard InChI is InChI=1S/C13H7Br2FN2O3/c14-9-4-2-8(16)6-11(9)17-13(19)7-1-3-10(15)12(5-7)18(20)21/h1-6H,(H,17,19). The first kappa shape index (κ1) is 15.6. The van der Waals surface area contributed by atoms with Gasteiger partial charge in [0, 0.05) is 16.1 Å². The Labute approximate surface area is 135 Å². The predicted molar refractivity (Wildman–Crippen MR) is 82.8 cm³/mol. The lowest BCUT2D eigenvalue weighted by molar-refractivity contribution is -0.385. The molecule has 21 heavy (non-hydrogen) atoms. The Hall–Kier alpha value is -1.80. The quantitative estimate of drug-likeness (QED) is 0.589. The molecular formula is C13H7Br2FN2O3. The number of nitrogens with zero attached hydrogens (tertiary/aromatic N) is 1. The average Bonchev–Trinajstić information content (AvgIpc) is 2.43. The lowest BCUT2D eigenvalue weighted by atomic mass is 10.2. The van der Waals surface area contributed by atoms with Crippen LogP contribution < -0.4 is 5.32 Å². The number of carbonyl (C=O) groups excluding carboxylic acids is 1. The summed E-state index contributed by atoms with van der Waals surface area (Å²) in [6, 6.07) is 7.83. The molecule has 0 bridgehead atoms. The van der Waals surface area contributed by atoms with Crippen molar-refractivity contribution in [3.8, 4) is 0 Å². The predicted octanol–water partition coefficient (Wildman–Crippen LogP) is 4.51. The van der Waals surface area contributed by atoms with Crippen LogP contribution in [0.15, 0.2) is 45.3 Å². The monoisotopic (exact) mass is 416 g/mol. The average molecular weight is 418 g/mol. The number of hydrogen-bond acceptors (Lipinski definition) is 3. The fourth-order valence-corrected chi connectivity index (χ4v) is 2.32. The minimum atomic E-state index is -0.598. The van der Waals surface area contributed by atoms with Gasteiger partial charge in [0.1, 0.15) is 5.82 Å². The molecule has 0 aliphatic rings. The maximum Gasteiger partial charge on any atom is 0.284 e. The van der Waals surface area contributed by atoms with Crippen LogP contribution in [0.1, 0.15) is 10.4 Å². The zero-order valence-electron chi connectivity index (χ0n) is 10.3. The van der Waals surface area contributed by atoms with E-state index in [2.05, 4.69) is 37.2 Å². The van der Waals surface area contributed by atoms with E-state index in [4.69, 9.17) is 0 Å². The molecule has 0 fully saturated rings. The molecule has 2 aromatic carbocycles. The van der Waals surface area contributed by atoms with Crippen molar-refractivity contribution in [2.45, 2.75) is 0 Å². The number of benzene rings is 2. The summed E-state index contributed by atoms with van der Waals surface area (Å²) < 4.78 is 13.9. The van der Waals surface area contributed by atoms with Gasteiger partial charge >= 0.3 is 0 Å². The number of anilines is 1. The van der Waals surface area contributed by atoms with Crippen LogP contribution >= 0.6 is 31.9 Å². The highest BCUT2D eigenvalue weighted by Gasteiger charge is 2.16. The van der Waals surface area contributed by atoms with Gasteiger partial charge in [0.05, 0.1) is 15.1 Å². The van der Waals surface area contributed by atoms with Crippen LogP contribution in [0, 0.1) is 15.9 Å². The van der Waals surface area contributed by atoms with Crippen molar-refractivity contribution in [1.29, 1.82) is 0 Å². The number of nitro groups is 1. The zero-order valence-corrected chi connectivity index (χ0v) is 13.4. The summed E-state index contributed by atoms with van der Waals surface area (Å²) >= 11 is 6.22. The van der Waals surface area contributed by atoms with Crippen molar-refractivity contribution in [3.63, 3.8) is 0 Å². The molecule has 108 valence electrons. The van der Waals surface area contributed by atoms with Gasteiger partial charge in [-0.05, 0) is 62.2 Å². The van der Waals surface area contributed by atoms with Crippen molar-refractivity contribution in [1.82, 2.24) is 0 Å². The number of rotatable bonds is 3. The maximum atomic E-state index is 13.2. The SMILES string of the molecule is O=C(Nc1cc(F)ccc1Br)c1ccc(Br)c([N+](=O)[O-])c1. The van der Waals surface area contributed by atoms with Crippen molar-refractivity contribution >= 4 is 49.1 Å². The molecule has 0 saturated heterocycles. The molecule has 0 unspecified atom stereocenters. The third-order valence-electron chi connectivity index (χ3n) is 2.58. The van der Waals surface area contributed by atoms with E-state index >= 15 is 0 Å². The van der Waals surface area contributed by atoms with Crippen molar-refractivity contribution < 1.29 is 14.1 Å². The second-order valence-electron chi connectivity index (χ2n) is 4.00. The van der Waals surface area contributed by atoms with E-state index in [0.29, 0.717) is 4.47 Å². The van der Waals surface area contributed by atoms with Gasteiger partial charge in [0.25, 0.3) is 11.6 Å². The number of nitrogens with one attached hydrogen (secondary N) is 1. The Morgan fingerprint density at radius 1 is 1.14 bits per heavy atom. The van der Waals surface area contributed by atoms with E-state index in [1.54, 1.807) is 0 Å². The summed E-state index contributed by atoms with van der Waals surface area (Å²) in [5, 5.41) is 13.3. The first-order valence-corrected chi connectivity index (χ1v) is 7.17. The van der Waals surface area contributed by atoms with Gasteiger partial charge < -0.3 is 5.32 Å². The highest BCUT2D eigenvalue weighted by atomic mass is 79.9. The lowest BCUT2D eigenvalue weighted by Crippen LogP contribution is -2.12. The summed E-state index contributed by atoms with van der Waals surface area (Å²) in [5.74, 6) is -1.08. The topological polar surface area (TPSA) is 72.2 Å². The van der Waals surface area contributed by atoms with Crippen LogP contribution in [0.2, 0.25) is 0 Å². The molecule has 0 radical (unpaired) electrons. The van der Waals surface area contributed by atoms with Gasteiger partial charge in [-0.2, -0.15) is 0 Å². The number of amides is 1. The van der Waals surface area contributed by atoms with Gasteiger partial charge in [0.15, 0.2) is 0 Å². The minimum absolute atomic E-state index is 0.0982. The normalized spacial score (nSPS) is 10.2. The molecule has 0 aliphatic carbocycles. The van der Waals surface area contributed by atoms with E-state index in [-0.39, 0.29) is 21.4 Å². The third-order valence-corrected chi connectivity index (χ3v) is 3.94. The number of hydrogen-bond donors (Lipinski definition) is 1. The van der Waals surface area contributed by atoms with Crippen molar-refractivity contribution in [2.24, 2.45) is 0 Å². The van der Waals surface area contributed by atoms with Crippen LogP contribution in [-0.4, -0.2) is 10.8 Å². The van der Waals surface area contributed by atoms with Gasteiger partial charge in [0.2, 0.25) is 0 Å². The van der Waals surface area contributed by atoms with E-state index in [0.717, 1.165) is 12.1 Å². The summed E-state index contributed by atoms with van der Waals surface area (Å²) in [4.78, 5) is 22.3. The first-order valence-electron chi connectivity index (χ1n) is 5.59. The third kappa shape index (κ3) is 3.64. The molecule has 5 nitrogen and oxygen atoms in total. The highest BCUT2D eigenvalue weighted by molar-refractivity contribution is 9.11. The van der Waals surface area contributed by atoms with Crippen LogP contribution in [0.25, 0.3) is 0 Å². The Bertz CT molecular complexity index is 737. The maximum absolute atomic E-state index is 13.2. The molecule has 0 atom stereocenters. The van der Waals surface area contributed by atoms with E-state index < -0.39 is 16.6 Å². The number of nitro benzene ring substituents is 1. The fraction of sp³-hybridized carbons (Fsp3) is 0. The second kappa shape index (κ2) is 6.31. The molecule has 2 rings (SSSR count). The van der Waals surface area contributed by atoms with Gasteiger partial charge in [-0.25, -0.2) is 4.39 Å². The van der Waals surface area contributed by atoms with Crippen molar-refractivity contribution in [3.05, 3.63) is 66.8 Å². The van der Waals surface area contributed by atoms with Crippen LogP contribution in [0.4, 0.5) is 15.8 Å². The Morgan fingerprint density at radius 2 is 1.81 bits per heavy atom. The molecule has 2 aromatic rings. The Balaban J connectivity index is 2.30. The van der Waals surface area contributed by atoms with Gasteiger partial charge in [-0.3, -0.25) is 14.9 Å². The molecule has 0 spiro atoms. The van der Waals surface area contributed by atoms with Gasteiger partial charge in [-0.15, -0.1) is 0 Å². The van der Waals surface area contributed by atoms with E-state index in [9.17, 15) is 19.3 Å². The molecule has 1 N–H and O–H groups in total. The van der Waals surface area contributed by atoms with Crippen LogP contribution in [-0.2, 0) is 0 Å². The van der Waals surface area contributed by atoms with Crippen LogP contribution in [0.5, 0.6) is 0 Å². The second-order valence-corrected chi connectivity index (χ2v) is 5.71. The largest absolute Gasteiger partial charge is 0.321 e. The first-order chi connectivity index (χ1) is 9.88. The molecule has 0 saturated carbocycles. The summed E-state index contributed by atoms with van der Waals surface area (Å²) in [7, 11) is 0. The van der Waals surface area contributed by atoms with Gasteiger partial charge in [-0.1, -0.05) is 0 Å². The number of halogens is 3. The molecular weight excluding hydrogens is 411 g/mol. The molecule has 0 heterocycles. The molecule has 8 heteroatoms. The van der Waals surface area contributed by atoms with E-state index in [1.807, 2.05) is 0 Å². The Kier molecular flexibility index (Phi) is 4.69. The highest BCUT2D eigenvalue weighted by Crippen LogP contribution is 2.27. The number of carbonyl (C=O) groups is 1. The van der Waals surface area contributed by atoms with E-state index in [1.165, 1.54) is 24.3 Å². The smallest absolute Gasteiger partial charge is 0.284 e. The van der Waals surface area contributed by atoms with Crippen LogP contribution in [0.3, 0.4) is 0 Å². The summed E-state index contributed by atoms with van der Waals surface area (Å²) in [6.45, 7) is 0.